The Bertz CT molecular complexity index is 2950. The summed E-state index contributed by atoms with van der Waals surface area (Å²) in [4.78, 5) is 5.73. The van der Waals surface area contributed by atoms with Gasteiger partial charge in [0.15, 0.2) is 0 Å². The lowest BCUT2D eigenvalue weighted by molar-refractivity contribution is 0.258. The summed E-state index contributed by atoms with van der Waals surface area (Å²) in [6.07, 6.45) is 41.5. The minimum atomic E-state index is -0.337. The molecule has 4 nitrogen and oxygen atoms in total. The van der Waals surface area contributed by atoms with E-state index in [1.54, 1.807) is 0 Å². The fourth-order valence-corrected chi connectivity index (χ4v) is 11.2. The molecule has 2 heterocycles. The average molecular weight is 824 g/mol. The van der Waals surface area contributed by atoms with Crippen molar-refractivity contribution in [2.45, 2.75) is 95.7 Å². The summed E-state index contributed by atoms with van der Waals surface area (Å²) < 4.78 is 10.0. The topological polar surface area (TPSA) is 38.5 Å². The smallest absolute Gasteiger partial charge is 0.148 e. The lowest BCUT2D eigenvalue weighted by Crippen LogP contribution is -2.33. The number of hydrogen-bond donors (Lipinski definition) is 1. The van der Waals surface area contributed by atoms with E-state index in [0.717, 1.165) is 87.6 Å². The lowest BCUT2D eigenvalue weighted by Gasteiger charge is -2.33. The van der Waals surface area contributed by atoms with E-state index in [0.29, 0.717) is 5.92 Å². The maximum atomic E-state index is 7.50. The molecular weight excluding hydrogens is 767 g/mol. The zero-order valence-corrected chi connectivity index (χ0v) is 36.5. The Balaban J connectivity index is 1.08. The first kappa shape index (κ1) is 39.5. The SMILES string of the molecule is C=C(NC(N=C(C)C1CC=CCC1)C1=C(C2=CC=CC3c4ccc5c6c(n(C7=CC=CCC7)c5c4OC23)=CCCC=6)CCC(C2=C(c3ccccc3)C=CCC2)=C1)c1ccccc1. The van der Waals surface area contributed by atoms with E-state index in [4.69, 9.17) is 9.73 Å². The summed E-state index contributed by atoms with van der Waals surface area (Å²) in [7, 11) is 0. The maximum absolute atomic E-state index is 7.50. The minimum absolute atomic E-state index is 0.109. The highest BCUT2D eigenvalue weighted by molar-refractivity contribution is 5.93. The highest BCUT2D eigenvalue weighted by Crippen LogP contribution is 2.50. The molecule has 11 rings (SSSR count). The van der Waals surface area contributed by atoms with Crippen molar-refractivity contribution in [3.8, 4) is 5.75 Å². The summed E-state index contributed by atoms with van der Waals surface area (Å²) in [5.74, 6) is 1.57. The molecule has 3 aromatic carbocycles. The fraction of sp³-hybridized carbons (Fsp3) is 0.271. The number of nitrogens with zero attached hydrogens (tertiary/aromatic N) is 2. The van der Waals surface area contributed by atoms with Gasteiger partial charge in [0.25, 0.3) is 0 Å². The number of allylic oxidation sites excluding steroid dienone is 13. The van der Waals surface area contributed by atoms with E-state index in [1.165, 1.54) is 77.4 Å². The zero-order chi connectivity index (χ0) is 42.3. The number of hydrogen-bond acceptors (Lipinski definition) is 3. The highest BCUT2D eigenvalue weighted by atomic mass is 16.5. The predicted molar refractivity (Wildman–Crippen MR) is 264 cm³/mol. The van der Waals surface area contributed by atoms with Crippen molar-refractivity contribution < 1.29 is 4.74 Å². The van der Waals surface area contributed by atoms with E-state index in [9.17, 15) is 0 Å². The van der Waals surface area contributed by atoms with Gasteiger partial charge in [-0.25, -0.2) is 0 Å². The molecule has 4 unspecified atom stereocenters. The van der Waals surface area contributed by atoms with Crippen LogP contribution in [0.2, 0.25) is 0 Å². The van der Waals surface area contributed by atoms with Gasteiger partial charge in [0.1, 0.15) is 18.0 Å². The third-order valence-electron chi connectivity index (χ3n) is 14.4. The van der Waals surface area contributed by atoms with Crippen LogP contribution in [0, 0.1) is 5.92 Å². The van der Waals surface area contributed by atoms with Gasteiger partial charge in [0.2, 0.25) is 0 Å². The van der Waals surface area contributed by atoms with Crippen LogP contribution in [0.3, 0.4) is 0 Å². The number of ether oxygens (including phenoxy) is 1. The van der Waals surface area contributed by atoms with Gasteiger partial charge in [0, 0.05) is 56.0 Å². The molecular formula is C59H57N3O. The van der Waals surface area contributed by atoms with Crippen molar-refractivity contribution in [1.29, 1.82) is 0 Å². The second-order valence-electron chi connectivity index (χ2n) is 18.1. The fourth-order valence-electron chi connectivity index (χ4n) is 11.2. The first-order chi connectivity index (χ1) is 31.1. The van der Waals surface area contributed by atoms with Crippen molar-refractivity contribution in [2.24, 2.45) is 10.9 Å². The molecule has 0 radical (unpaired) electrons. The van der Waals surface area contributed by atoms with E-state index < -0.39 is 0 Å². The van der Waals surface area contributed by atoms with Crippen molar-refractivity contribution >= 4 is 45.7 Å². The second kappa shape index (κ2) is 17.1. The molecule has 0 saturated heterocycles. The molecule has 314 valence electrons. The number of aromatic nitrogens is 1. The van der Waals surface area contributed by atoms with E-state index in [-0.39, 0.29) is 18.2 Å². The quantitative estimate of drug-likeness (QED) is 0.128. The van der Waals surface area contributed by atoms with Crippen molar-refractivity contribution in [1.82, 2.24) is 9.88 Å². The Morgan fingerprint density at radius 3 is 2.48 bits per heavy atom. The average Bonchev–Trinajstić information content (AvgIpc) is 3.91. The first-order valence-electron chi connectivity index (χ1n) is 23.5. The van der Waals surface area contributed by atoms with Crippen molar-refractivity contribution in [3.63, 3.8) is 0 Å². The Morgan fingerprint density at radius 2 is 1.65 bits per heavy atom. The van der Waals surface area contributed by atoms with Gasteiger partial charge in [0.05, 0.1) is 5.52 Å². The lowest BCUT2D eigenvalue weighted by atomic mass is 9.76. The minimum Gasteiger partial charge on any atom is -0.482 e. The number of aliphatic imine (C=N–C) groups is 1. The number of benzene rings is 3. The second-order valence-corrected chi connectivity index (χ2v) is 18.1. The number of nitrogens with one attached hydrogen (secondary N) is 1. The molecule has 0 bridgehead atoms. The van der Waals surface area contributed by atoms with Crippen LogP contribution < -0.4 is 20.6 Å². The zero-order valence-electron chi connectivity index (χ0n) is 36.5. The van der Waals surface area contributed by atoms with Gasteiger partial charge >= 0.3 is 0 Å². The molecule has 0 fully saturated rings. The van der Waals surface area contributed by atoms with Gasteiger partial charge < -0.3 is 14.6 Å². The monoisotopic (exact) mass is 823 g/mol. The van der Waals surface area contributed by atoms with Crippen LogP contribution in [-0.2, 0) is 0 Å². The largest absolute Gasteiger partial charge is 0.482 e. The summed E-state index contributed by atoms with van der Waals surface area (Å²) >= 11 is 0. The molecule has 6 aliphatic carbocycles. The van der Waals surface area contributed by atoms with Crippen LogP contribution in [0.4, 0.5) is 0 Å². The van der Waals surface area contributed by atoms with Gasteiger partial charge in [-0.1, -0.05) is 152 Å². The van der Waals surface area contributed by atoms with E-state index >= 15 is 0 Å². The molecule has 0 saturated carbocycles. The van der Waals surface area contributed by atoms with Crippen LogP contribution in [0.25, 0.3) is 40.0 Å². The Kier molecular flexibility index (Phi) is 10.7. The predicted octanol–water partition coefficient (Wildman–Crippen LogP) is 12.8. The molecule has 4 heteroatoms. The molecule has 1 N–H and O–H groups in total. The molecule has 63 heavy (non-hydrogen) atoms. The van der Waals surface area contributed by atoms with Crippen LogP contribution in [0.5, 0.6) is 5.75 Å². The van der Waals surface area contributed by atoms with Crippen molar-refractivity contribution in [2.75, 3.05) is 0 Å². The Morgan fingerprint density at radius 1 is 0.810 bits per heavy atom. The van der Waals surface area contributed by atoms with Crippen LogP contribution in [-0.4, -0.2) is 22.5 Å². The molecule has 0 amide bonds. The van der Waals surface area contributed by atoms with Crippen LogP contribution in [0.15, 0.2) is 179 Å². The first-order valence-corrected chi connectivity index (χ1v) is 23.5. The third-order valence-corrected chi connectivity index (χ3v) is 14.4. The summed E-state index contributed by atoms with van der Waals surface area (Å²) in [5.41, 5.74) is 16.3. The standard InChI is InChI=1S/C59H57N3O/c1-39(41-20-7-3-8-21-41)60-59(61-40(2)42-22-9-4-10-23-42)54-38-44(47-29-16-15-28-46(47)43-24-11-5-12-25-43)34-35-48(54)51-31-19-32-52-53-37-36-50-49-30-17-18-33-55(49)62(45-26-13-6-14-27-45)56(50)58(53)63-57(51)52/h3-9,11-13,15,19-21,24-26,28,30-33,36-38,42,52,57,59-60H,1,10,14,16-18,22-23,27,29,34-35H2,2H3. The summed E-state index contributed by atoms with van der Waals surface area (Å²) in [5, 5.41) is 7.91. The molecule has 0 spiro atoms. The molecule has 1 aromatic heterocycles. The normalized spacial score (nSPS) is 23.2. The Hall–Kier alpha value is -6.39. The molecule has 1 aliphatic heterocycles. The Labute approximate surface area is 372 Å². The molecule has 4 aromatic rings. The van der Waals surface area contributed by atoms with E-state index in [1.807, 2.05) is 0 Å². The van der Waals surface area contributed by atoms with Gasteiger partial charge in [-0.3, -0.25) is 4.99 Å². The van der Waals surface area contributed by atoms with Gasteiger partial charge in [-0.15, -0.1) is 0 Å². The van der Waals surface area contributed by atoms with Crippen LogP contribution >= 0.6 is 0 Å². The number of fused-ring (bicyclic) bond motifs is 7. The number of rotatable bonds is 10. The van der Waals surface area contributed by atoms with Gasteiger partial charge in [-0.2, -0.15) is 0 Å². The molecule has 4 atom stereocenters. The van der Waals surface area contributed by atoms with Crippen LogP contribution in [0.1, 0.15) is 100 Å². The molecule has 7 aliphatic rings. The third kappa shape index (κ3) is 7.34. The van der Waals surface area contributed by atoms with E-state index in [2.05, 4.69) is 175 Å². The summed E-state index contributed by atoms with van der Waals surface area (Å²) in [6, 6.07) is 26.2. The highest BCUT2D eigenvalue weighted by Gasteiger charge is 2.41. The van der Waals surface area contributed by atoms with Gasteiger partial charge in [-0.05, 0) is 123 Å². The maximum Gasteiger partial charge on any atom is 0.148 e. The van der Waals surface area contributed by atoms with Crippen molar-refractivity contribution in [3.05, 3.63) is 201 Å². The summed E-state index contributed by atoms with van der Waals surface area (Å²) in [6.45, 7) is 6.89.